The van der Waals surface area contributed by atoms with E-state index in [1.807, 2.05) is 0 Å². The number of thiazole rings is 1. The summed E-state index contributed by atoms with van der Waals surface area (Å²) in [5.74, 6) is -2.40. The molecule has 0 aliphatic carbocycles. The summed E-state index contributed by atoms with van der Waals surface area (Å²) in [6.45, 7) is 1.52. The lowest BCUT2D eigenvalue weighted by molar-refractivity contribution is -0.143. The van der Waals surface area contributed by atoms with Crippen LogP contribution in [-0.2, 0) is 11.3 Å². The monoisotopic (exact) mass is 322 g/mol. The zero-order valence-corrected chi connectivity index (χ0v) is 12.9. The first-order valence-electron chi connectivity index (χ1n) is 6.52. The highest BCUT2D eigenvalue weighted by Gasteiger charge is 2.29. The fourth-order valence-corrected chi connectivity index (χ4v) is 2.91. The second kappa shape index (κ2) is 6.76. The fourth-order valence-electron chi connectivity index (χ4n) is 2.23. The predicted octanol–water partition coefficient (Wildman–Crippen LogP) is 2.74. The summed E-state index contributed by atoms with van der Waals surface area (Å²) in [5.41, 5.74) is -0.134. The van der Waals surface area contributed by atoms with E-state index in [4.69, 9.17) is 0 Å². The Morgan fingerprint density at radius 2 is 2.18 bits per heavy atom. The molecule has 7 heteroatoms. The van der Waals surface area contributed by atoms with Crippen LogP contribution in [0.15, 0.2) is 29.8 Å². The van der Waals surface area contributed by atoms with E-state index in [-0.39, 0.29) is 17.7 Å². The Labute approximate surface area is 131 Å². The fraction of sp³-hybridized carbons (Fsp3) is 0.267. The van der Waals surface area contributed by atoms with E-state index in [0.717, 1.165) is 5.01 Å². The number of nitrogens with zero attached hydrogens (tertiary/aromatic N) is 2. The van der Waals surface area contributed by atoms with Crippen LogP contribution in [0.25, 0.3) is 0 Å². The number of carbonyl (C=O) groups is 2. The molecule has 0 aliphatic rings. The molecule has 0 saturated carbocycles. The van der Waals surface area contributed by atoms with Crippen LogP contribution in [0, 0.1) is 5.82 Å². The van der Waals surface area contributed by atoms with Gasteiger partial charge < -0.3 is 5.11 Å². The van der Waals surface area contributed by atoms with Crippen LogP contribution in [0.3, 0.4) is 0 Å². The molecule has 5 nitrogen and oxygen atoms in total. The van der Waals surface area contributed by atoms with Crippen molar-refractivity contribution in [1.29, 1.82) is 0 Å². The van der Waals surface area contributed by atoms with E-state index < -0.39 is 23.6 Å². The lowest BCUT2D eigenvalue weighted by Crippen LogP contribution is -2.31. The Morgan fingerprint density at radius 3 is 2.73 bits per heavy atom. The maximum absolute atomic E-state index is 14.4. The van der Waals surface area contributed by atoms with Crippen molar-refractivity contribution in [2.45, 2.75) is 19.5 Å². The van der Waals surface area contributed by atoms with Crippen molar-refractivity contribution in [3.05, 3.63) is 51.7 Å². The molecule has 2 rings (SSSR count). The van der Waals surface area contributed by atoms with Crippen molar-refractivity contribution >= 4 is 23.1 Å². The number of hydrogen-bond acceptors (Lipinski definition) is 5. The van der Waals surface area contributed by atoms with Gasteiger partial charge in [0.25, 0.3) is 0 Å². The van der Waals surface area contributed by atoms with Gasteiger partial charge in [0.05, 0.1) is 12.1 Å². The van der Waals surface area contributed by atoms with Crippen LogP contribution in [0.2, 0.25) is 0 Å². The van der Waals surface area contributed by atoms with Gasteiger partial charge in [-0.3, -0.25) is 14.5 Å². The Balaban J connectivity index is 2.38. The summed E-state index contributed by atoms with van der Waals surface area (Å²) in [6, 6.07) is 3.03. The van der Waals surface area contributed by atoms with Crippen molar-refractivity contribution in [1.82, 2.24) is 9.88 Å². The number of likely N-dealkylation sites (N-methyl/N-ethyl adjacent to an activating group) is 1. The Bertz CT molecular complexity index is 688. The minimum absolute atomic E-state index is 0.0285. The number of aromatic nitrogens is 1. The summed E-state index contributed by atoms with van der Waals surface area (Å²) in [5, 5.41) is 12.0. The maximum Gasteiger partial charge on any atom is 0.325 e. The van der Waals surface area contributed by atoms with Crippen molar-refractivity contribution in [2.75, 3.05) is 7.05 Å². The zero-order valence-electron chi connectivity index (χ0n) is 12.1. The molecule has 0 bridgehead atoms. The third-order valence-electron chi connectivity index (χ3n) is 3.25. The van der Waals surface area contributed by atoms with Gasteiger partial charge in [-0.25, -0.2) is 9.37 Å². The number of aliphatic carboxylic acids is 1. The van der Waals surface area contributed by atoms with Crippen molar-refractivity contribution in [2.24, 2.45) is 0 Å². The number of carbonyl (C=O) groups excluding carboxylic acids is 1. The summed E-state index contributed by atoms with van der Waals surface area (Å²) >= 11 is 1.39. The number of benzene rings is 1. The van der Waals surface area contributed by atoms with Crippen LogP contribution in [-0.4, -0.2) is 33.8 Å². The third kappa shape index (κ3) is 3.37. The van der Waals surface area contributed by atoms with Gasteiger partial charge in [0, 0.05) is 17.1 Å². The lowest BCUT2D eigenvalue weighted by atomic mass is 10.00. The van der Waals surface area contributed by atoms with Gasteiger partial charge >= 0.3 is 5.97 Å². The minimum atomic E-state index is -1.19. The average Bonchev–Trinajstić information content (AvgIpc) is 2.93. The smallest absolute Gasteiger partial charge is 0.325 e. The molecule has 0 amide bonds. The van der Waals surface area contributed by atoms with Crippen molar-refractivity contribution in [3.63, 3.8) is 0 Å². The van der Waals surface area contributed by atoms with Crippen molar-refractivity contribution in [3.8, 4) is 0 Å². The topological polar surface area (TPSA) is 70.5 Å². The van der Waals surface area contributed by atoms with Crippen LogP contribution < -0.4 is 0 Å². The second-order valence-electron chi connectivity index (χ2n) is 4.85. The maximum atomic E-state index is 14.4. The molecule has 116 valence electrons. The van der Waals surface area contributed by atoms with E-state index >= 15 is 0 Å². The molecule has 2 aromatic rings. The van der Waals surface area contributed by atoms with E-state index in [1.165, 1.54) is 41.4 Å². The third-order valence-corrected chi connectivity index (χ3v) is 4.01. The van der Waals surface area contributed by atoms with Crippen LogP contribution >= 0.6 is 11.3 Å². The Kier molecular flexibility index (Phi) is 4.99. The highest BCUT2D eigenvalue weighted by Crippen LogP contribution is 2.26. The quantitative estimate of drug-likeness (QED) is 0.828. The summed E-state index contributed by atoms with van der Waals surface area (Å²) in [4.78, 5) is 28.6. The number of carboxylic acids is 1. The minimum Gasteiger partial charge on any atom is -0.480 e. The summed E-state index contributed by atoms with van der Waals surface area (Å²) in [6.07, 6.45) is 1.63. The Hall–Kier alpha value is -2.12. The first kappa shape index (κ1) is 16.3. The molecule has 0 spiro atoms. The highest BCUT2D eigenvalue weighted by atomic mass is 32.1. The number of rotatable bonds is 6. The van der Waals surface area contributed by atoms with Gasteiger partial charge in [0.2, 0.25) is 0 Å². The molecule has 1 atom stereocenters. The molecule has 0 aliphatic heterocycles. The van der Waals surface area contributed by atoms with Crippen LogP contribution in [0.5, 0.6) is 0 Å². The van der Waals surface area contributed by atoms with Crippen molar-refractivity contribution < 1.29 is 19.1 Å². The normalized spacial score (nSPS) is 12.4. The molecular formula is C15H15FN2O3S. The van der Waals surface area contributed by atoms with Gasteiger partial charge in [-0.15, -0.1) is 11.3 Å². The molecule has 1 heterocycles. The molecule has 1 unspecified atom stereocenters. The van der Waals surface area contributed by atoms with Crippen LogP contribution in [0.4, 0.5) is 4.39 Å². The number of carboxylic acid groups (broad SMARTS) is 1. The van der Waals surface area contributed by atoms with Gasteiger partial charge in [-0.05, 0) is 20.0 Å². The average molecular weight is 322 g/mol. The summed E-state index contributed by atoms with van der Waals surface area (Å²) < 4.78 is 14.4. The molecule has 0 radical (unpaired) electrons. The largest absolute Gasteiger partial charge is 0.480 e. The highest BCUT2D eigenvalue weighted by molar-refractivity contribution is 7.09. The first-order valence-corrected chi connectivity index (χ1v) is 7.40. The standard InChI is InChI=1S/C15H15FN2O3S/c1-9(19)10-4-3-5-11(13(10)16)14(15(20)21)18(2)8-12-17-6-7-22-12/h3-7,14H,8H2,1-2H3,(H,20,21). The molecule has 1 aromatic heterocycles. The molecule has 1 aromatic carbocycles. The van der Waals surface area contributed by atoms with E-state index in [1.54, 1.807) is 18.6 Å². The second-order valence-corrected chi connectivity index (χ2v) is 5.83. The predicted molar refractivity (Wildman–Crippen MR) is 80.4 cm³/mol. The molecule has 0 saturated heterocycles. The SMILES string of the molecule is CC(=O)c1cccc(C(C(=O)O)N(C)Cc2nccs2)c1F. The number of halogens is 1. The van der Waals surface area contributed by atoms with Crippen LogP contribution in [0.1, 0.15) is 33.9 Å². The summed E-state index contributed by atoms with van der Waals surface area (Å²) in [7, 11) is 1.58. The molecule has 0 fully saturated rings. The number of ketones is 1. The van der Waals surface area contributed by atoms with E-state index in [2.05, 4.69) is 4.98 Å². The lowest BCUT2D eigenvalue weighted by Gasteiger charge is -2.24. The van der Waals surface area contributed by atoms with Gasteiger partial charge in [0.15, 0.2) is 5.78 Å². The number of Topliss-reactive ketones (excluding diaryl/α,β-unsaturated/α-hetero) is 1. The zero-order chi connectivity index (χ0) is 16.3. The van der Waals surface area contributed by atoms with E-state index in [0.29, 0.717) is 0 Å². The van der Waals surface area contributed by atoms with Gasteiger partial charge in [-0.2, -0.15) is 0 Å². The molecule has 1 N–H and O–H groups in total. The van der Waals surface area contributed by atoms with Gasteiger partial charge in [-0.1, -0.05) is 12.1 Å². The molecule has 22 heavy (non-hydrogen) atoms. The number of hydrogen-bond donors (Lipinski definition) is 1. The molecular weight excluding hydrogens is 307 g/mol. The van der Waals surface area contributed by atoms with E-state index in [9.17, 15) is 19.1 Å². The Morgan fingerprint density at radius 1 is 1.45 bits per heavy atom. The van der Waals surface area contributed by atoms with Gasteiger partial charge in [0.1, 0.15) is 16.9 Å². The first-order chi connectivity index (χ1) is 10.4.